The fourth-order valence-corrected chi connectivity index (χ4v) is 3.43. The van der Waals surface area contributed by atoms with Crippen molar-refractivity contribution >= 4 is 15.9 Å². The van der Waals surface area contributed by atoms with Crippen molar-refractivity contribution in [2.75, 3.05) is 19.6 Å². The van der Waals surface area contributed by atoms with Crippen molar-refractivity contribution < 1.29 is 13.2 Å². The first kappa shape index (κ1) is 17.7. The molecule has 0 spiro atoms. The predicted octanol–water partition coefficient (Wildman–Crippen LogP) is 2.41. The van der Waals surface area contributed by atoms with E-state index in [-0.39, 0.29) is 10.8 Å². The van der Waals surface area contributed by atoms with Crippen LogP contribution < -0.4 is 4.72 Å². The van der Waals surface area contributed by atoms with E-state index < -0.39 is 10.0 Å². The summed E-state index contributed by atoms with van der Waals surface area (Å²) in [6.07, 6.45) is 2.15. The van der Waals surface area contributed by atoms with E-state index in [1.807, 2.05) is 13.8 Å². The summed E-state index contributed by atoms with van der Waals surface area (Å²) in [6, 6.07) is 6.20. The maximum Gasteiger partial charge on any atom is 0.254 e. The van der Waals surface area contributed by atoms with Gasteiger partial charge >= 0.3 is 0 Å². The highest BCUT2D eigenvalue weighted by atomic mass is 32.2. The van der Waals surface area contributed by atoms with E-state index in [2.05, 4.69) is 11.3 Å². The van der Waals surface area contributed by atoms with E-state index in [0.29, 0.717) is 31.1 Å². The van der Waals surface area contributed by atoms with E-state index in [0.717, 1.165) is 18.4 Å². The number of nitrogens with one attached hydrogen (secondary N) is 1. The van der Waals surface area contributed by atoms with Gasteiger partial charge in [-0.05, 0) is 50.8 Å². The Morgan fingerprint density at radius 3 is 2.65 bits per heavy atom. The van der Waals surface area contributed by atoms with Gasteiger partial charge in [0.1, 0.15) is 0 Å². The molecule has 126 valence electrons. The number of likely N-dealkylation sites (N-methyl/N-ethyl adjacent to an activating group) is 1. The highest BCUT2D eigenvalue weighted by molar-refractivity contribution is 7.89. The van der Waals surface area contributed by atoms with Crippen LogP contribution in [-0.2, 0) is 10.0 Å². The number of hydrogen-bond donors (Lipinski definition) is 1. The zero-order valence-electron chi connectivity index (χ0n) is 13.7. The van der Waals surface area contributed by atoms with Crippen molar-refractivity contribution in [3.05, 3.63) is 42.0 Å². The van der Waals surface area contributed by atoms with Crippen molar-refractivity contribution in [1.82, 2.24) is 9.62 Å². The van der Waals surface area contributed by atoms with Crippen molar-refractivity contribution in [1.29, 1.82) is 0 Å². The number of hydrogen-bond acceptors (Lipinski definition) is 3. The zero-order chi connectivity index (χ0) is 17.0. The maximum atomic E-state index is 12.5. The third kappa shape index (κ3) is 4.91. The molecule has 2 rings (SSSR count). The second-order valence-corrected chi connectivity index (χ2v) is 7.87. The smallest absolute Gasteiger partial charge is 0.254 e. The predicted molar refractivity (Wildman–Crippen MR) is 90.7 cm³/mol. The van der Waals surface area contributed by atoms with Crippen LogP contribution >= 0.6 is 0 Å². The molecule has 23 heavy (non-hydrogen) atoms. The van der Waals surface area contributed by atoms with Crippen LogP contribution in [0.4, 0.5) is 0 Å². The van der Waals surface area contributed by atoms with E-state index in [1.54, 1.807) is 17.0 Å². The summed E-state index contributed by atoms with van der Waals surface area (Å²) in [5.41, 5.74) is 1.26. The van der Waals surface area contributed by atoms with Crippen LogP contribution in [-0.4, -0.2) is 38.9 Å². The highest BCUT2D eigenvalue weighted by Crippen LogP contribution is 2.28. The monoisotopic (exact) mass is 336 g/mol. The van der Waals surface area contributed by atoms with Crippen LogP contribution in [0.2, 0.25) is 0 Å². The van der Waals surface area contributed by atoms with Gasteiger partial charge < -0.3 is 4.90 Å². The molecule has 1 N–H and O–H groups in total. The van der Waals surface area contributed by atoms with Crippen molar-refractivity contribution in [2.24, 2.45) is 5.92 Å². The summed E-state index contributed by atoms with van der Waals surface area (Å²) in [4.78, 5) is 14.3. The third-order valence-electron chi connectivity index (χ3n) is 3.78. The van der Waals surface area contributed by atoms with Crippen LogP contribution in [0.3, 0.4) is 0 Å². The molecule has 1 amide bonds. The van der Waals surface area contributed by atoms with Crippen molar-refractivity contribution in [3.8, 4) is 0 Å². The molecule has 0 aliphatic heterocycles. The van der Waals surface area contributed by atoms with Gasteiger partial charge in [0.25, 0.3) is 5.91 Å². The number of sulfonamides is 1. The molecular formula is C17H24N2O3S. The van der Waals surface area contributed by atoms with E-state index in [9.17, 15) is 13.2 Å². The Kier molecular flexibility index (Phi) is 5.59. The van der Waals surface area contributed by atoms with Gasteiger partial charge in [-0.2, -0.15) is 0 Å². The second-order valence-electron chi connectivity index (χ2n) is 6.10. The number of amides is 1. The molecule has 0 bridgehead atoms. The van der Waals surface area contributed by atoms with E-state index in [4.69, 9.17) is 0 Å². The fourth-order valence-electron chi connectivity index (χ4n) is 2.26. The first-order valence-electron chi connectivity index (χ1n) is 7.87. The molecule has 0 unspecified atom stereocenters. The first-order chi connectivity index (χ1) is 10.8. The van der Waals surface area contributed by atoms with Crippen LogP contribution in [0.25, 0.3) is 0 Å². The number of nitrogens with zero attached hydrogens (tertiary/aromatic N) is 1. The first-order valence-corrected chi connectivity index (χ1v) is 9.35. The second kappa shape index (κ2) is 7.27. The van der Waals surface area contributed by atoms with Crippen molar-refractivity contribution in [3.63, 3.8) is 0 Å². The topological polar surface area (TPSA) is 66.5 Å². The van der Waals surface area contributed by atoms with Gasteiger partial charge in [0.15, 0.2) is 0 Å². The molecule has 5 nitrogen and oxygen atoms in total. The Morgan fingerprint density at radius 1 is 1.39 bits per heavy atom. The lowest BCUT2D eigenvalue weighted by molar-refractivity contribution is 0.0778. The summed E-state index contributed by atoms with van der Waals surface area (Å²) in [5.74, 6) is 0.274. The standard InChI is InChI=1S/C17H24N2O3S/c1-4-19(12-13(2)3)17(20)15-6-5-7-16(10-15)23(21,22)18-11-14-8-9-14/h5-7,10,14,18H,2,4,8-9,11-12H2,1,3H3. The fraction of sp³-hybridized carbons (Fsp3) is 0.471. The van der Waals surface area contributed by atoms with Gasteiger partial charge in [-0.25, -0.2) is 13.1 Å². The van der Waals surface area contributed by atoms with Gasteiger partial charge in [-0.15, -0.1) is 0 Å². The molecule has 0 aromatic heterocycles. The quantitative estimate of drug-likeness (QED) is 0.741. The Morgan fingerprint density at radius 2 is 2.09 bits per heavy atom. The Hall–Kier alpha value is -1.66. The van der Waals surface area contributed by atoms with Gasteiger partial charge in [-0.1, -0.05) is 18.2 Å². The molecule has 6 heteroatoms. The molecule has 1 aromatic carbocycles. The lowest BCUT2D eigenvalue weighted by Gasteiger charge is -2.21. The van der Waals surface area contributed by atoms with Gasteiger partial charge in [-0.3, -0.25) is 4.79 Å². The number of carbonyl (C=O) groups is 1. The normalized spacial score (nSPS) is 14.5. The molecule has 1 saturated carbocycles. The molecule has 0 heterocycles. The van der Waals surface area contributed by atoms with Gasteiger partial charge in [0, 0.05) is 25.2 Å². The molecule has 0 atom stereocenters. The molecular weight excluding hydrogens is 312 g/mol. The Bertz CT molecular complexity index is 694. The minimum atomic E-state index is -3.57. The number of rotatable bonds is 8. The summed E-state index contributed by atoms with van der Waals surface area (Å²) >= 11 is 0. The summed E-state index contributed by atoms with van der Waals surface area (Å²) in [6.45, 7) is 9.05. The molecule has 0 saturated heterocycles. The third-order valence-corrected chi connectivity index (χ3v) is 5.20. The summed E-state index contributed by atoms with van der Waals surface area (Å²) in [5, 5.41) is 0. The van der Waals surface area contributed by atoms with Crippen molar-refractivity contribution in [2.45, 2.75) is 31.6 Å². The van der Waals surface area contributed by atoms with Crippen LogP contribution in [0.1, 0.15) is 37.0 Å². The van der Waals surface area contributed by atoms with Crippen LogP contribution in [0, 0.1) is 5.92 Å². The minimum Gasteiger partial charge on any atom is -0.335 e. The Balaban J connectivity index is 2.17. The molecule has 1 aliphatic rings. The lowest BCUT2D eigenvalue weighted by Crippen LogP contribution is -2.32. The minimum absolute atomic E-state index is 0.135. The lowest BCUT2D eigenvalue weighted by atomic mass is 10.2. The maximum absolute atomic E-state index is 12.5. The van der Waals surface area contributed by atoms with Gasteiger partial charge in [0.2, 0.25) is 10.0 Å². The van der Waals surface area contributed by atoms with E-state index in [1.165, 1.54) is 12.1 Å². The highest BCUT2D eigenvalue weighted by Gasteiger charge is 2.25. The number of carbonyl (C=O) groups excluding carboxylic acids is 1. The molecule has 1 fully saturated rings. The molecule has 0 radical (unpaired) electrons. The average molecular weight is 336 g/mol. The largest absolute Gasteiger partial charge is 0.335 e. The molecule has 1 aromatic rings. The average Bonchev–Trinajstić information content (AvgIpc) is 3.34. The van der Waals surface area contributed by atoms with Crippen LogP contribution in [0.5, 0.6) is 0 Å². The zero-order valence-corrected chi connectivity index (χ0v) is 14.5. The van der Waals surface area contributed by atoms with Gasteiger partial charge in [0.05, 0.1) is 4.90 Å². The van der Waals surface area contributed by atoms with E-state index >= 15 is 0 Å². The van der Waals surface area contributed by atoms with Crippen LogP contribution in [0.15, 0.2) is 41.3 Å². The molecule has 1 aliphatic carbocycles. The Labute approximate surface area is 138 Å². The SMILES string of the molecule is C=C(C)CN(CC)C(=O)c1cccc(S(=O)(=O)NCC2CC2)c1. The summed E-state index contributed by atoms with van der Waals surface area (Å²) in [7, 11) is -3.57. The summed E-state index contributed by atoms with van der Waals surface area (Å²) < 4.78 is 27.2. The number of benzene rings is 1.